The first kappa shape index (κ1) is 13.1. The van der Waals surface area contributed by atoms with Crippen LogP contribution in [0.15, 0.2) is 16.9 Å². The average molecular weight is 277 g/mol. The minimum absolute atomic E-state index is 0.209. The second-order valence-corrected chi connectivity index (χ2v) is 4.79. The number of fused-ring (bicyclic) bond motifs is 1. The molecule has 0 radical (unpaired) electrons. The molecule has 0 spiro atoms. The van der Waals surface area contributed by atoms with Gasteiger partial charge in [0.25, 0.3) is 5.56 Å². The molecule has 2 aromatic rings. The number of nitrogens with one attached hydrogen (secondary N) is 1. The normalized spacial score (nSPS) is 15.8. The molecule has 5 nitrogen and oxygen atoms in total. The van der Waals surface area contributed by atoms with E-state index in [1.165, 1.54) is 6.07 Å². The number of rotatable bonds is 2. The summed E-state index contributed by atoms with van der Waals surface area (Å²) in [4.78, 5) is 20.7. The molecule has 20 heavy (non-hydrogen) atoms. The van der Waals surface area contributed by atoms with Gasteiger partial charge in [0.15, 0.2) is 0 Å². The quantitative estimate of drug-likeness (QED) is 0.903. The molecule has 0 bridgehead atoms. The van der Waals surface area contributed by atoms with Crippen molar-refractivity contribution >= 4 is 16.7 Å². The molecule has 1 aromatic carbocycles. The van der Waals surface area contributed by atoms with Gasteiger partial charge in [0.05, 0.1) is 29.9 Å². The Morgan fingerprint density at radius 1 is 1.40 bits per heavy atom. The number of benzene rings is 1. The van der Waals surface area contributed by atoms with Gasteiger partial charge in [0.2, 0.25) is 0 Å². The van der Waals surface area contributed by atoms with E-state index in [1.807, 2.05) is 11.8 Å². The zero-order valence-corrected chi connectivity index (χ0v) is 11.3. The van der Waals surface area contributed by atoms with Crippen LogP contribution in [0.2, 0.25) is 0 Å². The van der Waals surface area contributed by atoms with Crippen LogP contribution in [0.4, 0.5) is 10.1 Å². The Labute approximate surface area is 115 Å². The van der Waals surface area contributed by atoms with E-state index < -0.39 is 0 Å². The Hall–Kier alpha value is -1.95. The minimum Gasteiger partial charge on any atom is -0.378 e. The molecule has 3 rings (SSSR count). The van der Waals surface area contributed by atoms with E-state index in [-0.39, 0.29) is 11.4 Å². The van der Waals surface area contributed by atoms with Gasteiger partial charge >= 0.3 is 0 Å². The molecular formula is C14H16FN3O2. The summed E-state index contributed by atoms with van der Waals surface area (Å²) in [5.41, 5.74) is 1.75. The smallest absolute Gasteiger partial charge is 0.270 e. The Bertz CT molecular complexity index is 693. The van der Waals surface area contributed by atoms with E-state index in [1.54, 1.807) is 6.07 Å². The summed E-state index contributed by atoms with van der Waals surface area (Å²) in [5, 5.41) is 0. The van der Waals surface area contributed by atoms with Crippen LogP contribution in [-0.2, 0) is 11.2 Å². The van der Waals surface area contributed by atoms with Gasteiger partial charge in [-0.3, -0.25) is 4.79 Å². The molecule has 0 unspecified atom stereocenters. The fraction of sp³-hybridized carbons (Fsp3) is 0.429. The molecule has 1 fully saturated rings. The van der Waals surface area contributed by atoms with Crippen LogP contribution >= 0.6 is 0 Å². The molecule has 1 aliphatic rings. The number of morpholine rings is 1. The zero-order chi connectivity index (χ0) is 14.1. The average Bonchev–Trinajstić information content (AvgIpc) is 2.47. The number of ether oxygens (including phenoxy) is 1. The molecule has 0 atom stereocenters. The standard InChI is InChI=1S/C14H16FN3O2/c1-2-10-14(19)17-12-8-13(9(15)7-11(12)16-10)18-3-5-20-6-4-18/h7-8H,2-6H2,1H3,(H,17,19). The van der Waals surface area contributed by atoms with Gasteiger partial charge in [-0.1, -0.05) is 6.92 Å². The van der Waals surface area contributed by atoms with Gasteiger partial charge in [-0.15, -0.1) is 0 Å². The number of H-pyrrole nitrogens is 1. The Morgan fingerprint density at radius 2 is 2.15 bits per heavy atom. The molecule has 106 valence electrons. The second kappa shape index (κ2) is 5.20. The molecule has 6 heteroatoms. The Balaban J connectivity index is 2.10. The number of hydrogen-bond acceptors (Lipinski definition) is 4. The van der Waals surface area contributed by atoms with Crippen molar-refractivity contribution in [1.29, 1.82) is 0 Å². The Kier molecular flexibility index (Phi) is 3.40. The van der Waals surface area contributed by atoms with E-state index in [9.17, 15) is 9.18 Å². The SMILES string of the molecule is CCc1nc2cc(F)c(N3CCOCC3)cc2[nH]c1=O. The third kappa shape index (κ3) is 2.27. The van der Waals surface area contributed by atoms with Crippen molar-refractivity contribution in [1.82, 2.24) is 9.97 Å². The van der Waals surface area contributed by atoms with Crippen molar-refractivity contribution in [2.75, 3.05) is 31.2 Å². The maximum atomic E-state index is 14.2. The number of aromatic nitrogens is 2. The fourth-order valence-electron chi connectivity index (χ4n) is 2.42. The highest BCUT2D eigenvalue weighted by Crippen LogP contribution is 2.24. The maximum Gasteiger partial charge on any atom is 0.270 e. The number of anilines is 1. The van der Waals surface area contributed by atoms with Gasteiger partial charge in [0, 0.05) is 19.2 Å². The van der Waals surface area contributed by atoms with E-state index >= 15 is 0 Å². The summed E-state index contributed by atoms with van der Waals surface area (Å²) in [6.07, 6.45) is 0.526. The van der Waals surface area contributed by atoms with Crippen LogP contribution < -0.4 is 10.5 Å². The highest BCUT2D eigenvalue weighted by atomic mass is 19.1. The van der Waals surface area contributed by atoms with Crippen molar-refractivity contribution < 1.29 is 9.13 Å². The molecular weight excluding hydrogens is 261 g/mol. The monoisotopic (exact) mass is 277 g/mol. The maximum absolute atomic E-state index is 14.2. The van der Waals surface area contributed by atoms with Gasteiger partial charge in [0.1, 0.15) is 11.5 Å². The van der Waals surface area contributed by atoms with Crippen molar-refractivity contribution in [2.24, 2.45) is 0 Å². The summed E-state index contributed by atoms with van der Waals surface area (Å²) in [5.74, 6) is -0.319. The van der Waals surface area contributed by atoms with Crippen molar-refractivity contribution in [3.63, 3.8) is 0 Å². The number of halogens is 1. The van der Waals surface area contributed by atoms with E-state index in [4.69, 9.17) is 4.74 Å². The molecule has 0 saturated carbocycles. The van der Waals surface area contributed by atoms with Crippen LogP contribution in [-0.4, -0.2) is 36.3 Å². The van der Waals surface area contributed by atoms with Crippen LogP contribution in [0.3, 0.4) is 0 Å². The van der Waals surface area contributed by atoms with Crippen LogP contribution in [0, 0.1) is 5.82 Å². The second-order valence-electron chi connectivity index (χ2n) is 4.79. The third-order valence-corrected chi connectivity index (χ3v) is 3.52. The summed E-state index contributed by atoms with van der Waals surface area (Å²) in [6.45, 7) is 4.31. The predicted octanol–water partition coefficient (Wildman–Crippen LogP) is 1.46. The topological polar surface area (TPSA) is 58.2 Å². The van der Waals surface area contributed by atoms with E-state index in [0.717, 1.165) is 0 Å². The fourth-order valence-corrected chi connectivity index (χ4v) is 2.42. The van der Waals surface area contributed by atoms with Crippen molar-refractivity contribution in [2.45, 2.75) is 13.3 Å². The van der Waals surface area contributed by atoms with Gasteiger partial charge in [-0.25, -0.2) is 9.37 Å². The molecule has 0 aliphatic carbocycles. The molecule has 1 N–H and O–H groups in total. The van der Waals surface area contributed by atoms with Crippen LogP contribution in [0.5, 0.6) is 0 Å². The zero-order valence-electron chi connectivity index (χ0n) is 11.3. The van der Waals surface area contributed by atoms with Crippen LogP contribution in [0.25, 0.3) is 11.0 Å². The number of aryl methyl sites for hydroxylation is 1. The van der Waals surface area contributed by atoms with E-state index in [2.05, 4.69) is 9.97 Å². The molecule has 1 saturated heterocycles. The Morgan fingerprint density at radius 3 is 2.85 bits per heavy atom. The summed E-state index contributed by atoms with van der Waals surface area (Å²) in [7, 11) is 0. The van der Waals surface area contributed by atoms with Gasteiger partial charge in [-0.05, 0) is 12.5 Å². The largest absolute Gasteiger partial charge is 0.378 e. The van der Waals surface area contributed by atoms with Gasteiger partial charge in [-0.2, -0.15) is 0 Å². The lowest BCUT2D eigenvalue weighted by atomic mass is 10.2. The van der Waals surface area contributed by atoms with Crippen LogP contribution in [0.1, 0.15) is 12.6 Å². The summed E-state index contributed by atoms with van der Waals surface area (Å²) >= 11 is 0. The lowest BCUT2D eigenvalue weighted by molar-refractivity contribution is 0.122. The number of nitrogens with zero attached hydrogens (tertiary/aromatic N) is 2. The predicted molar refractivity (Wildman–Crippen MR) is 74.7 cm³/mol. The summed E-state index contributed by atoms with van der Waals surface area (Å²) < 4.78 is 19.5. The minimum atomic E-state index is -0.319. The lowest BCUT2D eigenvalue weighted by Gasteiger charge is -2.29. The molecule has 0 amide bonds. The lowest BCUT2D eigenvalue weighted by Crippen LogP contribution is -2.36. The highest BCUT2D eigenvalue weighted by Gasteiger charge is 2.17. The highest BCUT2D eigenvalue weighted by molar-refractivity contribution is 5.79. The number of aromatic amines is 1. The molecule has 1 aliphatic heterocycles. The third-order valence-electron chi connectivity index (χ3n) is 3.52. The molecule has 2 heterocycles. The van der Waals surface area contributed by atoms with Gasteiger partial charge < -0.3 is 14.6 Å². The first-order chi connectivity index (χ1) is 9.69. The van der Waals surface area contributed by atoms with Crippen molar-refractivity contribution in [3.05, 3.63) is 34.0 Å². The van der Waals surface area contributed by atoms with E-state index in [0.29, 0.717) is 55.1 Å². The first-order valence-corrected chi connectivity index (χ1v) is 6.74. The summed E-state index contributed by atoms with van der Waals surface area (Å²) in [6, 6.07) is 3.04. The molecule has 1 aromatic heterocycles. The number of hydrogen-bond donors (Lipinski definition) is 1. The van der Waals surface area contributed by atoms with Crippen molar-refractivity contribution in [3.8, 4) is 0 Å². The first-order valence-electron chi connectivity index (χ1n) is 6.74.